The SMILES string of the molecule is CCc1cc(CC)n(CC(CO)(NC2CC2)C2CC2)n1. The Bertz CT molecular complexity index is 462. The Kier molecular flexibility index (Phi) is 3.87. The Hall–Kier alpha value is -0.870. The summed E-state index contributed by atoms with van der Waals surface area (Å²) in [6.07, 6.45) is 6.98. The lowest BCUT2D eigenvalue weighted by molar-refractivity contribution is 0.115. The van der Waals surface area contributed by atoms with Crippen LogP contribution in [-0.2, 0) is 19.4 Å². The van der Waals surface area contributed by atoms with Crippen molar-refractivity contribution in [2.45, 2.75) is 70.5 Å². The molecule has 3 rings (SSSR count). The molecule has 0 aliphatic heterocycles. The average Bonchev–Trinajstić information content (AvgIpc) is 3.36. The number of aliphatic hydroxyl groups excluding tert-OH is 1. The standard InChI is InChI=1S/C16H27N3O/c1-3-13-9-15(4-2)19(18-13)10-16(11-20,12-5-6-12)17-14-7-8-14/h9,12,14,17,20H,3-8,10-11H2,1-2H3. The molecule has 0 amide bonds. The number of rotatable bonds is 8. The second-order valence-electron chi connectivity index (χ2n) is 6.50. The largest absolute Gasteiger partial charge is 0.394 e. The van der Waals surface area contributed by atoms with Crippen molar-refractivity contribution in [1.82, 2.24) is 15.1 Å². The van der Waals surface area contributed by atoms with Crippen molar-refractivity contribution in [2.24, 2.45) is 5.92 Å². The van der Waals surface area contributed by atoms with Gasteiger partial charge in [0.05, 0.1) is 24.4 Å². The van der Waals surface area contributed by atoms with Gasteiger partial charge in [0.25, 0.3) is 0 Å². The van der Waals surface area contributed by atoms with Gasteiger partial charge in [-0.15, -0.1) is 0 Å². The van der Waals surface area contributed by atoms with Gasteiger partial charge in [-0.1, -0.05) is 13.8 Å². The maximum atomic E-state index is 10.0. The molecule has 1 heterocycles. The second kappa shape index (κ2) is 5.49. The summed E-state index contributed by atoms with van der Waals surface area (Å²) in [6, 6.07) is 2.83. The third-order valence-corrected chi connectivity index (χ3v) is 4.78. The summed E-state index contributed by atoms with van der Waals surface area (Å²) in [5.74, 6) is 0.618. The van der Waals surface area contributed by atoms with E-state index in [-0.39, 0.29) is 12.1 Å². The Balaban J connectivity index is 1.82. The Morgan fingerprint density at radius 3 is 2.55 bits per heavy atom. The Labute approximate surface area is 121 Å². The predicted octanol–water partition coefficient (Wildman–Crippen LogP) is 1.90. The molecule has 1 aromatic heterocycles. The van der Waals surface area contributed by atoms with Gasteiger partial charge in [-0.3, -0.25) is 4.68 Å². The van der Waals surface area contributed by atoms with E-state index in [9.17, 15) is 5.11 Å². The fourth-order valence-corrected chi connectivity index (χ4v) is 3.16. The minimum atomic E-state index is -0.151. The minimum Gasteiger partial charge on any atom is -0.394 e. The molecule has 2 aliphatic carbocycles. The van der Waals surface area contributed by atoms with E-state index in [1.165, 1.54) is 31.4 Å². The van der Waals surface area contributed by atoms with Gasteiger partial charge in [-0.25, -0.2) is 0 Å². The van der Waals surface area contributed by atoms with Gasteiger partial charge in [0.15, 0.2) is 0 Å². The van der Waals surface area contributed by atoms with E-state index in [0.717, 1.165) is 25.1 Å². The van der Waals surface area contributed by atoms with E-state index in [4.69, 9.17) is 5.10 Å². The highest BCUT2D eigenvalue weighted by Gasteiger charge is 2.47. The molecule has 4 heteroatoms. The van der Waals surface area contributed by atoms with Crippen LogP contribution in [0.15, 0.2) is 6.07 Å². The summed E-state index contributed by atoms with van der Waals surface area (Å²) in [7, 11) is 0. The van der Waals surface area contributed by atoms with Crippen molar-refractivity contribution in [3.05, 3.63) is 17.5 Å². The lowest BCUT2D eigenvalue weighted by Crippen LogP contribution is -2.55. The number of hydrogen-bond donors (Lipinski definition) is 2. The molecule has 1 atom stereocenters. The fraction of sp³-hybridized carbons (Fsp3) is 0.812. The summed E-state index contributed by atoms with van der Waals surface area (Å²) in [5.41, 5.74) is 2.30. The van der Waals surface area contributed by atoms with E-state index in [0.29, 0.717) is 12.0 Å². The van der Waals surface area contributed by atoms with Crippen LogP contribution in [-0.4, -0.2) is 33.1 Å². The molecule has 2 N–H and O–H groups in total. The molecule has 2 aliphatic rings. The van der Waals surface area contributed by atoms with Crippen LogP contribution in [0.1, 0.15) is 50.9 Å². The average molecular weight is 277 g/mol. The van der Waals surface area contributed by atoms with E-state index in [1.54, 1.807) is 0 Å². The first-order valence-corrected chi connectivity index (χ1v) is 8.15. The molecule has 2 fully saturated rings. The van der Waals surface area contributed by atoms with Gasteiger partial charge in [-0.2, -0.15) is 5.10 Å². The Morgan fingerprint density at radius 2 is 2.05 bits per heavy atom. The van der Waals surface area contributed by atoms with Crippen LogP contribution in [0, 0.1) is 5.92 Å². The van der Waals surface area contributed by atoms with Gasteiger partial charge in [-0.05, 0) is 50.5 Å². The van der Waals surface area contributed by atoms with Crippen LogP contribution in [0.5, 0.6) is 0 Å². The Morgan fingerprint density at radius 1 is 1.30 bits per heavy atom. The van der Waals surface area contributed by atoms with Crippen LogP contribution < -0.4 is 5.32 Å². The fourth-order valence-electron chi connectivity index (χ4n) is 3.16. The van der Waals surface area contributed by atoms with Crippen LogP contribution >= 0.6 is 0 Å². The van der Waals surface area contributed by atoms with E-state index in [2.05, 4.69) is 29.9 Å². The van der Waals surface area contributed by atoms with Crippen molar-refractivity contribution in [3.63, 3.8) is 0 Å². The highest BCUT2D eigenvalue weighted by molar-refractivity contribution is 5.13. The molecule has 1 aromatic rings. The molecule has 0 spiro atoms. The molecule has 2 saturated carbocycles. The molecule has 112 valence electrons. The van der Waals surface area contributed by atoms with Gasteiger partial charge >= 0.3 is 0 Å². The maximum absolute atomic E-state index is 10.0. The molecule has 0 aromatic carbocycles. The third kappa shape index (κ3) is 2.77. The summed E-state index contributed by atoms with van der Waals surface area (Å²) >= 11 is 0. The zero-order chi connectivity index (χ0) is 14.2. The van der Waals surface area contributed by atoms with E-state index in [1.807, 2.05) is 0 Å². The molecule has 0 saturated heterocycles. The number of nitrogens with zero attached hydrogens (tertiary/aromatic N) is 2. The van der Waals surface area contributed by atoms with Crippen LogP contribution in [0.25, 0.3) is 0 Å². The highest BCUT2D eigenvalue weighted by atomic mass is 16.3. The number of aryl methyl sites for hydroxylation is 2. The molecule has 1 unspecified atom stereocenters. The molecule has 0 radical (unpaired) electrons. The highest BCUT2D eigenvalue weighted by Crippen LogP contribution is 2.42. The number of aliphatic hydroxyl groups is 1. The van der Waals surface area contributed by atoms with E-state index >= 15 is 0 Å². The van der Waals surface area contributed by atoms with Crippen molar-refractivity contribution < 1.29 is 5.11 Å². The minimum absolute atomic E-state index is 0.151. The normalized spacial score (nSPS) is 21.9. The molecule has 4 nitrogen and oxygen atoms in total. The lowest BCUT2D eigenvalue weighted by Gasteiger charge is -2.34. The summed E-state index contributed by atoms with van der Waals surface area (Å²) < 4.78 is 2.14. The van der Waals surface area contributed by atoms with Gasteiger partial charge in [0.1, 0.15) is 0 Å². The van der Waals surface area contributed by atoms with Gasteiger partial charge < -0.3 is 10.4 Å². The summed E-state index contributed by atoms with van der Waals surface area (Å²) in [6.45, 7) is 5.36. The summed E-state index contributed by atoms with van der Waals surface area (Å²) in [4.78, 5) is 0. The molecular formula is C16H27N3O. The topological polar surface area (TPSA) is 50.1 Å². The van der Waals surface area contributed by atoms with Crippen molar-refractivity contribution >= 4 is 0 Å². The number of aromatic nitrogens is 2. The number of nitrogens with one attached hydrogen (secondary N) is 1. The zero-order valence-corrected chi connectivity index (χ0v) is 12.7. The van der Waals surface area contributed by atoms with Gasteiger partial charge in [0, 0.05) is 11.7 Å². The first-order chi connectivity index (χ1) is 9.70. The third-order valence-electron chi connectivity index (χ3n) is 4.78. The predicted molar refractivity (Wildman–Crippen MR) is 79.7 cm³/mol. The monoisotopic (exact) mass is 277 g/mol. The van der Waals surface area contributed by atoms with Crippen LogP contribution in [0.2, 0.25) is 0 Å². The smallest absolute Gasteiger partial charge is 0.0643 e. The molecular weight excluding hydrogens is 250 g/mol. The quantitative estimate of drug-likeness (QED) is 0.763. The zero-order valence-electron chi connectivity index (χ0n) is 12.7. The number of hydrogen-bond acceptors (Lipinski definition) is 3. The molecule has 0 bridgehead atoms. The van der Waals surface area contributed by atoms with Crippen molar-refractivity contribution in [1.29, 1.82) is 0 Å². The second-order valence-corrected chi connectivity index (χ2v) is 6.50. The lowest BCUT2D eigenvalue weighted by atomic mass is 9.93. The first-order valence-electron chi connectivity index (χ1n) is 8.15. The van der Waals surface area contributed by atoms with Crippen molar-refractivity contribution in [3.8, 4) is 0 Å². The van der Waals surface area contributed by atoms with E-state index < -0.39 is 0 Å². The summed E-state index contributed by atoms with van der Waals surface area (Å²) in [5, 5.41) is 18.5. The maximum Gasteiger partial charge on any atom is 0.0643 e. The van der Waals surface area contributed by atoms with Crippen LogP contribution in [0.4, 0.5) is 0 Å². The first kappa shape index (κ1) is 14.1. The van der Waals surface area contributed by atoms with Gasteiger partial charge in [0.2, 0.25) is 0 Å². The van der Waals surface area contributed by atoms with Crippen molar-refractivity contribution in [2.75, 3.05) is 6.61 Å². The molecule has 20 heavy (non-hydrogen) atoms. The van der Waals surface area contributed by atoms with Crippen LogP contribution in [0.3, 0.4) is 0 Å².